The van der Waals surface area contributed by atoms with Crippen LogP contribution < -0.4 is 31.2 Å². The summed E-state index contributed by atoms with van der Waals surface area (Å²) in [6.07, 6.45) is 7.81. The molecule has 4 amide bonds. The van der Waals surface area contributed by atoms with E-state index in [4.69, 9.17) is 15.2 Å². The Kier molecular flexibility index (Phi) is 10.5. The van der Waals surface area contributed by atoms with Gasteiger partial charge in [-0.2, -0.15) is 0 Å². The van der Waals surface area contributed by atoms with Crippen LogP contribution in [-0.4, -0.2) is 85.6 Å². The van der Waals surface area contributed by atoms with E-state index in [9.17, 15) is 24.0 Å². The largest absolute Gasteiger partial charge is 0.493 e. The van der Waals surface area contributed by atoms with Gasteiger partial charge in [0.05, 0.1) is 47.9 Å². The molecular weight excluding hydrogens is 789 g/mol. The Morgan fingerprint density at radius 1 is 0.950 bits per heavy atom. The van der Waals surface area contributed by atoms with Crippen molar-refractivity contribution in [3.63, 3.8) is 0 Å². The molecule has 1 saturated heterocycles. The highest BCUT2D eigenvalue weighted by molar-refractivity contribution is 7.14. The number of nitrogens with two attached hydrogens (primary N) is 1. The average Bonchev–Trinajstić information content (AvgIpc) is 4.06. The van der Waals surface area contributed by atoms with Crippen molar-refractivity contribution in [2.75, 3.05) is 41.9 Å². The molecule has 1 atom stereocenters. The van der Waals surface area contributed by atoms with Crippen LogP contribution in [0.1, 0.15) is 61.1 Å². The molecule has 6 heterocycles. The number of methoxy groups -OCH3 is 1. The van der Waals surface area contributed by atoms with E-state index < -0.39 is 11.8 Å². The molecule has 0 aliphatic carbocycles. The molecule has 1 fully saturated rings. The Bertz CT molecular complexity index is 2770. The quantitative estimate of drug-likeness (QED) is 0.0662. The normalized spacial score (nSPS) is 14.4. The number of hydrogen-bond donors (Lipinski definition) is 4. The zero-order valence-corrected chi connectivity index (χ0v) is 33.7. The maximum Gasteiger partial charge on any atom is 0.279 e. The molecule has 8 rings (SSSR count). The minimum Gasteiger partial charge on any atom is -0.493 e. The van der Waals surface area contributed by atoms with Crippen molar-refractivity contribution in [2.24, 2.45) is 19.1 Å². The van der Waals surface area contributed by atoms with Gasteiger partial charge in [-0.3, -0.25) is 33.5 Å². The number of amides is 4. The lowest BCUT2D eigenvalue weighted by Gasteiger charge is -2.20. The fourth-order valence-corrected chi connectivity index (χ4v) is 7.88. The van der Waals surface area contributed by atoms with E-state index in [1.807, 2.05) is 12.1 Å². The number of aromatic nitrogens is 4. The summed E-state index contributed by atoms with van der Waals surface area (Å²) in [7, 11) is 4.86. The van der Waals surface area contributed by atoms with E-state index in [1.54, 1.807) is 83.3 Å². The van der Waals surface area contributed by atoms with Gasteiger partial charge in [-0.1, -0.05) is 18.2 Å². The predicted molar refractivity (Wildman–Crippen MR) is 228 cm³/mol. The summed E-state index contributed by atoms with van der Waals surface area (Å²) in [5.41, 5.74) is 10.5. The molecule has 0 spiro atoms. The number of carbonyl (C=O) groups is 5. The standard InChI is InChI=1S/C42H40N10O7S/c1-23-12-28-18-44-30-17-36(35(58-4)16-29(30)40(56)52(28)19-23)59-11-5-6-37(53)48-42-47-31(22-60-42)38(54)45-26-14-33(49(2)20-26)39(55)46-27-15-34(50(3)21-27)41(57)51-10-9-24-7-8-25(43)13-32(24)51/h7-10,13-18,20-22,28H,1,5-6,11-12,19,43H2,2-4H3,(H,45,54)(H,46,55)(H,47,48,53). The Hall–Kier alpha value is -7.47. The summed E-state index contributed by atoms with van der Waals surface area (Å²) in [4.78, 5) is 76.4. The number of thiazole rings is 1. The van der Waals surface area contributed by atoms with E-state index in [1.165, 1.54) is 23.1 Å². The zero-order chi connectivity index (χ0) is 42.2. The van der Waals surface area contributed by atoms with Crippen LogP contribution in [0.5, 0.6) is 11.5 Å². The molecule has 0 saturated carbocycles. The van der Waals surface area contributed by atoms with E-state index >= 15 is 0 Å². The molecule has 0 radical (unpaired) electrons. The molecule has 2 aromatic carbocycles. The molecule has 5 N–H and O–H groups in total. The molecule has 18 heteroatoms. The fraction of sp³-hybridized carbons (Fsp3) is 0.214. The number of aliphatic imine (C=N–C) groups is 1. The number of nitrogen functional groups attached to an aromatic ring is 1. The Morgan fingerprint density at radius 2 is 1.70 bits per heavy atom. The van der Waals surface area contributed by atoms with Crippen LogP contribution >= 0.6 is 11.3 Å². The van der Waals surface area contributed by atoms with Crippen molar-refractivity contribution in [3.8, 4) is 11.5 Å². The summed E-state index contributed by atoms with van der Waals surface area (Å²) in [6.45, 7) is 4.68. The van der Waals surface area contributed by atoms with Crippen molar-refractivity contribution >= 4 is 85.9 Å². The Labute approximate surface area is 347 Å². The molecule has 2 aliphatic rings. The molecule has 2 aliphatic heterocycles. The first-order chi connectivity index (χ1) is 28.8. The molecule has 6 aromatic rings. The van der Waals surface area contributed by atoms with Gasteiger partial charge in [-0.15, -0.1) is 11.3 Å². The Morgan fingerprint density at radius 3 is 2.48 bits per heavy atom. The molecule has 4 aromatic heterocycles. The summed E-state index contributed by atoms with van der Waals surface area (Å²) in [6, 6.07) is 13.4. The summed E-state index contributed by atoms with van der Waals surface area (Å²) >= 11 is 1.10. The average molecular weight is 829 g/mol. The van der Waals surface area contributed by atoms with Gasteiger partial charge in [0.25, 0.3) is 23.6 Å². The summed E-state index contributed by atoms with van der Waals surface area (Å²) in [5.74, 6) is -0.955. The number of nitrogens with zero attached hydrogens (tertiary/aromatic N) is 6. The van der Waals surface area contributed by atoms with Crippen molar-refractivity contribution in [1.29, 1.82) is 0 Å². The monoisotopic (exact) mass is 828 g/mol. The minimum atomic E-state index is -0.533. The number of ether oxygens (including phenoxy) is 2. The van der Waals surface area contributed by atoms with Gasteiger partial charge >= 0.3 is 0 Å². The van der Waals surface area contributed by atoms with Gasteiger partial charge < -0.3 is 45.2 Å². The minimum absolute atomic E-state index is 0.0786. The lowest BCUT2D eigenvalue weighted by molar-refractivity contribution is -0.116. The number of aryl methyl sites for hydroxylation is 2. The van der Waals surface area contributed by atoms with Crippen molar-refractivity contribution in [3.05, 3.63) is 107 Å². The first-order valence-corrected chi connectivity index (χ1v) is 19.7. The SMILES string of the molecule is C=C1CC2C=Nc3cc(OCCCC(=O)Nc4nc(C(=O)Nc5cc(C(=O)Nc6cc(C(=O)n7ccc8ccc(N)cc87)n(C)c6)n(C)c5)cs4)c(OC)cc3C(=O)N2C1. The second-order valence-corrected chi connectivity index (χ2v) is 15.3. The van der Waals surface area contributed by atoms with Crippen molar-refractivity contribution in [2.45, 2.75) is 25.3 Å². The van der Waals surface area contributed by atoms with Crippen molar-refractivity contribution < 1.29 is 33.4 Å². The van der Waals surface area contributed by atoms with E-state index in [2.05, 4.69) is 32.5 Å². The lowest BCUT2D eigenvalue weighted by atomic mass is 10.1. The molecule has 17 nitrogen and oxygen atoms in total. The molecule has 1 unspecified atom stereocenters. The van der Waals surface area contributed by atoms with Gasteiger partial charge in [-0.05, 0) is 49.2 Å². The second kappa shape index (κ2) is 16.1. The van der Waals surface area contributed by atoms with E-state index in [-0.39, 0.29) is 53.3 Å². The van der Waals surface area contributed by atoms with Crippen LogP contribution in [0.4, 0.5) is 27.9 Å². The number of fused-ring (bicyclic) bond motifs is 3. The first kappa shape index (κ1) is 39.4. The molecule has 60 heavy (non-hydrogen) atoms. The predicted octanol–water partition coefficient (Wildman–Crippen LogP) is 5.84. The van der Waals surface area contributed by atoms with Crippen LogP contribution in [-0.2, 0) is 18.9 Å². The van der Waals surface area contributed by atoms with Crippen LogP contribution in [0.2, 0.25) is 0 Å². The van der Waals surface area contributed by atoms with Gasteiger partial charge in [0.1, 0.15) is 17.1 Å². The second-order valence-electron chi connectivity index (χ2n) is 14.5. The number of benzene rings is 2. The number of anilines is 4. The van der Waals surface area contributed by atoms with Gasteiger partial charge in [0.2, 0.25) is 5.91 Å². The third kappa shape index (κ3) is 7.87. The van der Waals surface area contributed by atoms with E-state index in [0.29, 0.717) is 70.4 Å². The molecule has 0 bridgehead atoms. The molecular formula is C42H40N10O7S. The lowest BCUT2D eigenvalue weighted by Crippen LogP contribution is -2.35. The van der Waals surface area contributed by atoms with Gasteiger partial charge in [0.15, 0.2) is 16.6 Å². The van der Waals surface area contributed by atoms with Crippen molar-refractivity contribution in [1.82, 2.24) is 23.6 Å². The number of carbonyl (C=O) groups excluding carboxylic acids is 5. The Balaban J connectivity index is 0.821. The highest BCUT2D eigenvalue weighted by Crippen LogP contribution is 2.38. The first-order valence-electron chi connectivity index (χ1n) is 18.8. The van der Waals surface area contributed by atoms with Crippen LogP contribution in [0.15, 0.2) is 89.6 Å². The highest BCUT2D eigenvalue weighted by atomic mass is 32.1. The van der Waals surface area contributed by atoms with Crippen LogP contribution in [0.3, 0.4) is 0 Å². The van der Waals surface area contributed by atoms with Gasteiger partial charge in [0, 0.05) is 74.4 Å². The summed E-state index contributed by atoms with van der Waals surface area (Å²) < 4.78 is 16.1. The smallest absolute Gasteiger partial charge is 0.279 e. The maximum absolute atomic E-state index is 13.4. The number of nitrogens with one attached hydrogen (secondary N) is 3. The fourth-order valence-electron chi connectivity index (χ4n) is 7.18. The molecule has 306 valence electrons. The number of hydrogen-bond acceptors (Lipinski definition) is 11. The summed E-state index contributed by atoms with van der Waals surface area (Å²) in [5, 5.41) is 10.9. The van der Waals surface area contributed by atoms with Gasteiger partial charge in [-0.25, -0.2) is 4.98 Å². The zero-order valence-electron chi connectivity index (χ0n) is 32.9. The third-order valence-corrected chi connectivity index (χ3v) is 10.9. The van der Waals surface area contributed by atoms with Crippen LogP contribution in [0, 0.1) is 0 Å². The third-order valence-electron chi connectivity index (χ3n) is 10.2. The maximum atomic E-state index is 13.4. The van der Waals surface area contributed by atoms with E-state index in [0.717, 1.165) is 22.3 Å². The van der Waals surface area contributed by atoms with Crippen LogP contribution in [0.25, 0.3) is 10.9 Å². The number of rotatable bonds is 12. The highest BCUT2D eigenvalue weighted by Gasteiger charge is 2.34. The topological polar surface area (TPSA) is 209 Å².